The predicted octanol–water partition coefficient (Wildman–Crippen LogP) is 1.87. The monoisotopic (exact) mass is 306 g/mol. The molecule has 5 nitrogen and oxygen atoms in total. The molecule has 0 fully saturated rings. The first-order valence-electron chi connectivity index (χ1n) is 5.33. The summed E-state index contributed by atoms with van der Waals surface area (Å²) in [7, 11) is 0. The standard InChI is InChI=1S/C12H11BrN4O/c1-8-14-5-4-10(17-8)7-16-12(18)11-3-2-9(13)6-15-11/h2-6H,7H2,1H3,(H,16,18). The van der Waals surface area contributed by atoms with Crippen molar-refractivity contribution >= 4 is 21.8 Å². The topological polar surface area (TPSA) is 67.8 Å². The SMILES string of the molecule is Cc1nccc(CNC(=O)c2ccc(Br)cn2)n1. The van der Waals surface area contributed by atoms with Gasteiger partial charge in [-0.2, -0.15) is 0 Å². The number of carbonyl (C=O) groups is 1. The summed E-state index contributed by atoms with van der Waals surface area (Å²) in [5, 5.41) is 2.75. The van der Waals surface area contributed by atoms with Crippen molar-refractivity contribution in [1.82, 2.24) is 20.3 Å². The minimum atomic E-state index is -0.223. The zero-order chi connectivity index (χ0) is 13.0. The lowest BCUT2D eigenvalue weighted by Crippen LogP contribution is -2.24. The zero-order valence-corrected chi connectivity index (χ0v) is 11.3. The quantitative estimate of drug-likeness (QED) is 0.940. The fourth-order valence-corrected chi connectivity index (χ4v) is 1.61. The second-order valence-electron chi connectivity index (χ2n) is 3.64. The smallest absolute Gasteiger partial charge is 0.270 e. The zero-order valence-electron chi connectivity index (χ0n) is 9.72. The molecular formula is C12H11BrN4O. The van der Waals surface area contributed by atoms with E-state index in [4.69, 9.17) is 0 Å². The van der Waals surface area contributed by atoms with Gasteiger partial charge in [0, 0.05) is 16.9 Å². The van der Waals surface area contributed by atoms with E-state index in [1.54, 1.807) is 30.6 Å². The van der Waals surface area contributed by atoms with E-state index in [-0.39, 0.29) is 5.91 Å². The number of hydrogen-bond acceptors (Lipinski definition) is 4. The van der Waals surface area contributed by atoms with Gasteiger partial charge in [0.15, 0.2) is 0 Å². The predicted molar refractivity (Wildman–Crippen MR) is 69.9 cm³/mol. The highest BCUT2D eigenvalue weighted by Gasteiger charge is 2.06. The number of amides is 1. The van der Waals surface area contributed by atoms with E-state index in [2.05, 4.69) is 36.2 Å². The molecule has 92 valence electrons. The van der Waals surface area contributed by atoms with Crippen molar-refractivity contribution in [2.75, 3.05) is 0 Å². The number of hydrogen-bond donors (Lipinski definition) is 1. The van der Waals surface area contributed by atoms with Gasteiger partial charge in [-0.05, 0) is 41.1 Å². The van der Waals surface area contributed by atoms with Crippen LogP contribution >= 0.6 is 15.9 Å². The molecule has 0 aromatic carbocycles. The number of halogens is 1. The normalized spacial score (nSPS) is 10.1. The van der Waals surface area contributed by atoms with Gasteiger partial charge in [0.25, 0.3) is 5.91 Å². The number of aromatic nitrogens is 3. The van der Waals surface area contributed by atoms with E-state index < -0.39 is 0 Å². The van der Waals surface area contributed by atoms with Crippen LogP contribution in [0.15, 0.2) is 35.1 Å². The van der Waals surface area contributed by atoms with Crippen LogP contribution in [0.1, 0.15) is 22.0 Å². The lowest BCUT2D eigenvalue weighted by molar-refractivity contribution is 0.0945. The molecule has 18 heavy (non-hydrogen) atoms. The maximum Gasteiger partial charge on any atom is 0.270 e. The number of rotatable bonds is 3. The van der Waals surface area contributed by atoms with Crippen LogP contribution < -0.4 is 5.32 Å². The molecule has 0 saturated heterocycles. The van der Waals surface area contributed by atoms with Crippen LogP contribution in [0.5, 0.6) is 0 Å². The molecule has 2 aromatic heterocycles. The molecule has 0 aliphatic rings. The van der Waals surface area contributed by atoms with Crippen molar-refractivity contribution in [2.45, 2.75) is 13.5 Å². The van der Waals surface area contributed by atoms with Crippen LogP contribution in [0.3, 0.4) is 0 Å². The average molecular weight is 307 g/mol. The summed E-state index contributed by atoms with van der Waals surface area (Å²) in [5.74, 6) is 0.460. The first kappa shape index (κ1) is 12.6. The van der Waals surface area contributed by atoms with E-state index in [0.717, 1.165) is 10.2 Å². The van der Waals surface area contributed by atoms with E-state index >= 15 is 0 Å². The molecular weight excluding hydrogens is 296 g/mol. The molecule has 2 heterocycles. The van der Waals surface area contributed by atoms with Gasteiger partial charge in [0.1, 0.15) is 11.5 Å². The first-order valence-corrected chi connectivity index (χ1v) is 6.13. The molecule has 0 aliphatic carbocycles. The van der Waals surface area contributed by atoms with Crippen molar-refractivity contribution in [1.29, 1.82) is 0 Å². The van der Waals surface area contributed by atoms with E-state index in [9.17, 15) is 4.79 Å². The van der Waals surface area contributed by atoms with Gasteiger partial charge in [-0.15, -0.1) is 0 Å². The molecule has 0 atom stereocenters. The highest BCUT2D eigenvalue weighted by atomic mass is 79.9. The Bertz CT molecular complexity index is 556. The second kappa shape index (κ2) is 5.68. The van der Waals surface area contributed by atoms with Gasteiger partial charge in [0.2, 0.25) is 0 Å². The third kappa shape index (κ3) is 3.33. The fourth-order valence-electron chi connectivity index (χ4n) is 1.38. The Labute approximate surface area is 113 Å². The Balaban J connectivity index is 1.98. The summed E-state index contributed by atoms with van der Waals surface area (Å²) in [6.07, 6.45) is 3.26. The molecule has 0 saturated carbocycles. The third-order valence-corrected chi connectivity index (χ3v) is 2.69. The van der Waals surface area contributed by atoms with Gasteiger partial charge in [-0.25, -0.2) is 15.0 Å². The molecule has 2 aromatic rings. The first-order chi connectivity index (χ1) is 8.65. The largest absolute Gasteiger partial charge is 0.345 e. The van der Waals surface area contributed by atoms with Crippen LogP contribution in [0.25, 0.3) is 0 Å². The van der Waals surface area contributed by atoms with E-state index in [0.29, 0.717) is 18.1 Å². The molecule has 0 spiro atoms. The Morgan fingerprint density at radius 1 is 1.33 bits per heavy atom. The number of pyridine rings is 1. The summed E-state index contributed by atoms with van der Waals surface area (Å²) in [5.41, 5.74) is 1.15. The Hall–Kier alpha value is -1.82. The van der Waals surface area contributed by atoms with Crippen LogP contribution in [-0.4, -0.2) is 20.9 Å². The molecule has 6 heteroatoms. The highest BCUT2D eigenvalue weighted by Crippen LogP contribution is 2.07. The summed E-state index contributed by atoms with van der Waals surface area (Å²) in [6.45, 7) is 2.17. The maximum atomic E-state index is 11.8. The van der Waals surface area contributed by atoms with Gasteiger partial charge in [0.05, 0.1) is 12.2 Å². The summed E-state index contributed by atoms with van der Waals surface area (Å²) >= 11 is 3.27. The fraction of sp³-hybridized carbons (Fsp3) is 0.167. The Kier molecular flexibility index (Phi) is 3.99. The molecule has 0 radical (unpaired) electrons. The lowest BCUT2D eigenvalue weighted by atomic mass is 10.3. The van der Waals surface area contributed by atoms with Crippen molar-refractivity contribution < 1.29 is 4.79 Å². The van der Waals surface area contributed by atoms with Gasteiger partial charge >= 0.3 is 0 Å². The maximum absolute atomic E-state index is 11.8. The van der Waals surface area contributed by atoms with Gasteiger partial charge in [-0.3, -0.25) is 4.79 Å². The van der Waals surface area contributed by atoms with Crippen molar-refractivity contribution in [3.05, 3.63) is 52.3 Å². The molecule has 1 N–H and O–H groups in total. The Morgan fingerprint density at radius 3 is 2.83 bits per heavy atom. The van der Waals surface area contributed by atoms with E-state index in [1.165, 1.54) is 0 Å². The minimum Gasteiger partial charge on any atom is -0.345 e. The molecule has 2 rings (SSSR count). The van der Waals surface area contributed by atoms with Crippen molar-refractivity contribution in [2.24, 2.45) is 0 Å². The second-order valence-corrected chi connectivity index (χ2v) is 4.56. The van der Waals surface area contributed by atoms with E-state index in [1.807, 2.05) is 6.92 Å². The summed E-state index contributed by atoms with van der Waals surface area (Å²) in [6, 6.07) is 5.20. The minimum absolute atomic E-state index is 0.223. The van der Waals surface area contributed by atoms with Gasteiger partial charge in [-0.1, -0.05) is 0 Å². The van der Waals surface area contributed by atoms with Gasteiger partial charge < -0.3 is 5.32 Å². The van der Waals surface area contributed by atoms with Crippen LogP contribution in [0, 0.1) is 6.92 Å². The van der Waals surface area contributed by atoms with Crippen LogP contribution in [0.2, 0.25) is 0 Å². The van der Waals surface area contributed by atoms with Crippen LogP contribution in [0.4, 0.5) is 0 Å². The number of nitrogens with one attached hydrogen (secondary N) is 1. The summed E-state index contributed by atoms with van der Waals surface area (Å²) < 4.78 is 0.838. The molecule has 0 unspecified atom stereocenters. The number of aryl methyl sites for hydroxylation is 1. The van der Waals surface area contributed by atoms with Crippen LogP contribution in [-0.2, 0) is 6.54 Å². The average Bonchev–Trinajstić information content (AvgIpc) is 2.37. The Morgan fingerprint density at radius 2 is 2.17 bits per heavy atom. The third-order valence-electron chi connectivity index (χ3n) is 2.22. The molecule has 0 bridgehead atoms. The van der Waals surface area contributed by atoms with Crippen molar-refractivity contribution in [3.8, 4) is 0 Å². The van der Waals surface area contributed by atoms with Crippen molar-refractivity contribution in [3.63, 3.8) is 0 Å². The number of nitrogens with zero attached hydrogens (tertiary/aromatic N) is 3. The highest BCUT2D eigenvalue weighted by molar-refractivity contribution is 9.10. The molecule has 1 amide bonds. The molecule has 0 aliphatic heterocycles. The summed E-state index contributed by atoms with van der Waals surface area (Å²) in [4.78, 5) is 24.0. The number of carbonyl (C=O) groups excluding carboxylic acids is 1. The lowest BCUT2D eigenvalue weighted by Gasteiger charge is -2.04.